The molecule has 6 rings (SSSR count). The zero-order valence-corrected chi connectivity index (χ0v) is 23.2. The van der Waals surface area contributed by atoms with Gasteiger partial charge in [0, 0.05) is 48.6 Å². The van der Waals surface area contributed by atoms with Gasteiger partial charge in [-0.25, -0.2) is 14.6 Å². The highest BCUT2D eigenvalue weighted by molar-refractivity contribution is 6.06. The molecule has 0 unspecified atom stereocenters. The minimum absolute atomic E-state index is 0.142. The second-order valence-electron chi connectivity index (χ2n) is 10.9. The minimum Gasteiger partial charge on any atom is -0.379 e. The van der Waals surface area contributed by atoms with E-state index >= 15 is 0 Å². The summed E-state index contributed by atoms with van der Waals surface area (Å²) >= 11 is 0. The summed E-state index contributed by atoms with van der Waals surface area (Å²) in [4.78, 5) is 36.3. The van der Waals surface area contributed by atoms with Gasteiger partial charge in [-0.3, -0.25) is 9.59 Å². The molecule has 0 atom stereocenters. The number of pyridine rings is 3. The number of amides is 1. The molecule has 0 spiro atoms. The molecule has 40 heavy (non-hydrogen) atoms. The highest BCUT2D eigenvalue weighted by atomic mass is 16.5. The van der Waals surface area contributed by atoms with Crippen molar-refractivity contribution < 1.29 is 14.1 Å². The van der Waals surface area contributed by atoms with E-state index in [1.54, 1.807) is 6.20 Å². The summed E-state index contributed by atoms with van der Waals surface area (Å²) in [6, 6.07) is 8.13. The maximum Gasteiger partial charge on any atom is 0.253 e. The number of nitrogens with zero attached hydrogens (tertiary/aromatic N) is 5. The molecular formula is C30H36N7O3+. The first kappa shape index (κ1) is 26.3. The fourth-order valence-electron chi connectivity index (χ4n) is 5.83. The number of ether oxygens (including phenoxy) is 1. The van der Waals surface area contributed by atoms with Crippen LogP contribution in [-0.4, -0.2) is 56.9 Å². The summed E-state index contributed by atoms with van der Waals surface area (Å²) in [5.74, 6) is -0.252. The maximum atomic E-state index is 13.6. The van der Waals surface area contributed by atoms with Crippen molar-refractivity contribution in [2.45, 2.75) is 58.8 Å². The number of rotatable bonds is 7. The van der Waals surface area contributed by atoms with Crippen LogP contribution in [-0.2, 0) is 18.0 Å². The number of carbonyl (C=O) groups is 1. The van der Waals surface area contributed by atoms with Gasteiger partial charge in [0.05, 0.1) is 42.1 Å². The van der Waals surface area contributed by atoms with Crippen molar-refractivity contribution in [1.82, 2.24) is 30.0 Å². The van der Waals surface area contributed by atoms with Gasteiger partial charge in [-0.2, -0.15) is 9.67 Å². The molecule has 4 aromatic heterocycles. The van der Waals surface area contributed by atoms with Crippen molar-refractivity contribution in [2.24, 2.45) is 0 Å². The van der Waals surface area contributed by atoms with Gasteiger partial charge in [-0.15, -0.1) is 0 Å². The molecule has 0 radical (unpaired) electrons. The summed E-state index contributed by atoms with van der Waals surface area (Å²) in [7, 11) is 0. The fraction of sp³-hybridized carbons (Fsp3) is 0.433. The second-order valence-corrected chi connectivity index (χ2v) is 10.9. The zero-order chi connectivity index (χ0) is 27.6. The molecule has 10 heteroatoms. The Bertz CT molecular complexity index is 1580. The van der Waals surface area contributed by atoms with Crippen molar-refractivity contribution in [1.29, 1.82) is 0 Å². The number of morpholine rings is 1. The number of fused-ring (bicyclic) bond motifs is 1. The molecule has 2 fully saturated rings. The Morgan fingerprint density at radius 1 is 1.15 bits per heavy atom. The average molecular weight is 543 g/mol. The lowest BCUT2D eigenvalue weighted by molar-refractivity contribution is -0.716. The standard InChI is InChI=1S/C30H35N7O3/c1-20-15-21(2)33-30(39)25(20)17-31-29(38)24-16-27(34-28-26(24)18-32-37(28)23-5-3-4-6-23)22-7-9-35(10-8-22)19-36-11-13-40-14-12-36/h7-10,15-16,18,23H,3-6,11-14,17,19H2,1-2H3,(H-,31,33,38,39)/p+1. The van der Waals surface area contributed by atoms with Crippen LogP contribution in [0.1, 0.15) is 58.9 Å². The molecule has 1 aliphatic heterocycles. The summed E-state index contributed by atoms with van der Waals surface area (Å²) < 4.78 is 9.61. The van der Waals surface area contributed by atoms with Crippen molar-refractivity contribution in [3.63, 3.8) is 0 Å². The molecule has 0 aromatic carbocycles. The Hall–Kier alpha value is -3.89. The topological polar surface area (TPSA) is 109 Å². The molecule has 1 saturated carbocycles. The fourth-order valence-corrected chi connectivity index (χ4v) is 5.83. The van der Waals surface area contributed by atoms with Crippen LogP contribution in [0.5, 0.6) is 0 Å². The van der Waals surface area contributed by atoms with E-state index in [-0.39, 0.29) is 24.1 Å². The Kier molecular flexibility index (Phi) is 7.44. The first-order valence-electron chi connectivity index (χ1n) is 14.1. The van der Waals surface area contributed by atoms with E-state index in [9.17, 15) is 9.59 Å². The number of H-pyrrole nitrogens is 1. The molecule has 2 N–H and O–H groups in total. The lowest BCUT2D eigenvalue weighted by Gasteiger charge is -2.23. The van der Waals surface area contributed by atoms with E-state index in [1.165, 1.54) is 12.8 Å². The lowest BCUT2D eigenvalue weighted by atomic mass is 10.1. The van der Waals surface area contributed by atoms with E-state index in [2.05, 4.69) is 37.3 Å². The van der Waals surface area contributed by atoms with Crippen LogP contribution >= 0.6 is 0 Å². The highest BCUT2D eigenvalue weighted by Gasteiger charge is 2.24. The summed E-state index contributed by atoms with van der Waals surface area (Å²) in [5, 5.41) is 8.39. The molecule has 5 heterocycles. The number of carbonyl (C=O) groups excluding carboxylic acids is 1. The van der Waals surface area contributed by atoms with Gasteiger partial charge in [-0.05, 0) is 44.4 Å². The zero-order valence-electron chi connectivity index (χ0n) is 23.2. The Balaban J connectivity index is 1.32. The molecule has 1 amide bonds. The van der Waals surface area contributed by atoms with Gasteiger partial charge >= 0.3 is 0 Å². The number of aromatic amines is 1. The number of aromatic nitrogens is 5. The molecule has 2 aliphatic rings. The highest BCUT2D eigenvalue weighted by Crippen LogP contribution is 2.33. The summed E-state index contributed by atoms with van der Waals surface area (Å²) in [6.07, 6.45) is 10.3. The van der Waals surface area contributed by atoms with Gasteiger partial charge in [0.25, 0.3) is 11.5 Å². The van der Waals surface area contributed by atoms with Crippen molar-refractivity contribution in [3.05, 3.63) is 75.6 Å². The van der Waals surface area contributed by atoms with Crippen molar-refractivity contribution in [3.8, 4) is 11.3 Å². The predicted molar refractivity (Wildman–Crippen MR) is 151 cm³/mol. The predicted octanol–water partition coefficient (Wildman–Crippen LogP) is 3.03. The van der Waals surface area contributed by atoms with Crippen molar-refractivity contribution >= 4 is 16.9 Å². The minimum atomic E-state index is -0.252. The monoisotopic (exact) mass is 542 g/mol. The van der Waals surface area contributed by atoms with Crippen LogP contribution in [0.3, 0.4) is 0 Å². The Morgan fingerprint density at radius 2 is 1.90 bits per heavy atom. The molecule has 10 nitrogen and oxygen atoms in total. The molecule has 0 bridgehead atoms. The normalized spacial score (nSPS) is 16.6. The maximum absolute atomic E-state index is 13.6. The number of hydrogen-bond donors (Lipinski definition) is 2. The third-order valence-corrected chi connectivity index (χ3v) is 8.06. The molecular weight excluding hydrogens is 506 g/mol. The molecule has 1 saturated heterocycles. The smallest absolute Gasteiger partial charge is 0.253 e. The first-order valence-corrected chi connectivity index (χ1v) is 14.1. The van der Waals surface area contributed by atoms with E-state index in [1.807, 2.05) is 42.8 Å². The lowest BCUT2D eigenvalue weighted by Crippen LogP contribution is -2.47. The van der Waals surface area contributed by atoms with E-state index < -0.39 is 0 Å². The van der Waals surface area contributed by atoms with Gasteiger partial charge < -0.3 is 15.0 Å². The average Bonchev–Trinajstić information content (AvgIpc) is 3.63. The van der Waals surface area contributed by atoms with E-state index in [0.717, 1.165) is 79.4 Å². The van der Waals surface area contributed by atoms with Crippen LogP contribution < -0.4 is 15.4 Å². The number of nitrogens with one attached hydrogen (secondary N) is 2. The third kappa shape index (κ3) is 5.41. The van der Waals surface area contributed by atoms with Crippen molar-refractivity contribution in [2.75, 3.05) is 26.3 Å². The van der Waals surface area contributed by atoms with E-state index in [4.69, 9.17) is 9.72 Å². The number of hydrogen-bond acceptors (Lipinski definition) is 6. The van der Waals surface area contributed by atoms with Crippen LogP contribution in [0.4, 0.5) is 0 Å². The molecule has 4 aromatic rings. The van der Waals surface area contributed by atoms with Gasteiger partial charge in [0.15, 0.2) is 18.0 Å². The van der Waals surface area contributed by atoms with Gasteiger partial charge in [0.1, 0.15) is 0 Å². The summed E-state index contributed by atoms with van der Waals surface area (Å²) in [6.45, 7) is 8.05. The first-order chi connectivity index (χ1) is 19.5. The Morgan fingerprint density at radius 3 is 2.62 bits per heavy atom. The quantitative estimate of drug-likeness (QED) is 0.348. The SMILES string of the molecule is Cc1cc(C)c(CNC(=O)c2cc(-c3cc[n+](CN4CCOCC4)cc3)nc3c2cnn3C2CCCC2)c(=O)[nH]1. The van der Waals surface area contributed by atoms with E-state index in [0.29, 0.717) is 11.1 Å². The van der Waals surface area contributed by atoms with Crippen LogP contribution in [0.2, 0.25) is 0 Å². The largest absolute Gasteiger partial charge is 0.379 e. The van der Waals surface area contributed by atoms with Crippen LogP contribution in [0.15, 0.2) is 47.7 Å². The third-order valence-electron chi connectivity index (χ3n) is 8.06. The summed E-state index contributed by atoms with van der Waals surface area (Å²) in [5.41, 5.74) is 4.91. The Labute approximate surface area is 233 Å². The molecule has 208 valence electrons. The number of aryl methyl sites for hydroxylation is 2. The van der Waals surface area contributed by atoms with Crippen LogP contribution in [0.25, 0.3) is 22.3 Å². The van der Waals surface area contributed by atoms with Crippen LogP contribution in [0, 0.1) is 13.8 Å². The van der Waals surface area contributed by atoms with Gasteiger partial charge in [0.2, 0.25) is 6.67 Å². The second kappa shape index (κ2) is 11.3. The molecule has 1 aliphatic carbocycles. The van der Waals surface area contributed by atoms with Gasteiger partial charge in [-0.1, -0.05) is 12.8 Å².